The van der Waals surface area contributed by atoms with Gasteiger partial charge in [0, 0.05) is 18.8 Å². The van der Waals surface area contributed by atoms with Gasteiger partial charge in [-0.05, 0) is 55.8 Å². The normalized spacial score (nSPS) is 15.9. The molecular formula is C22H19ClF3N3O3. The van der Waals surface area contributed by atoms with Crippen LogP contribution in [0.4, 0.5) is 29.3 Å². The number of hydrogen-bond acceptors (Lipinski definition) is 4. The summed E-state index contributed by atoms with van der Waals surface area (Å²) in [6.07, 6.45) is -3.44. The maximum Gasteiger partial charge on any atom is 0.416 e. The van der Waals surface area contributed by atoms with Crippen molar-refractivity contribution in [3.8, 4) is 0 Å². The van der Waals surface area contributed by atoms with Crippen LogP contribution in [0.2, 0.25) is 5.02 Å². The van der Waals surface area contributed by atoms with Crippen molar-refractivity contribution >= 4 is 46.9 Å². The summed E-state index contributed by atoms with van der Waals surface area (Å²) in [5, 5.41) is 1.72. The zero-order valence-corrected chi connectivity index (χ0v) is 17.9. The summed E-state index contributed by atoms with van der Waals surface area (Å²) < 4.78 is 39.3. The fraction of sp³-hybridized carbons (Fsp3) is 0.227. The summed E-state index contributed by atoms with van der Waals surface area (Å²) in [5.41, 5.74) is -0.521. The van der Waals surface area contributed by atoms with E-state index in [1.807, 2.05) is 31.3 Å². The van der Waals surface area contributed by atoms with Gasteiger partial charge in [-0.15, -0.1) is 0 Å². The first kappa shape index (κ1) is 23.3. The SMILES string of the molecule is CCN(CC)c1ccc(/C=C2\C(=O)NC(=O)N(c3cc(C(F)(F)F)ccc3Cl)C2=O)cc1. The van der Waals surface area contributed by atoms with E-state index < -0.39 is 40.8 Å². The minimum absolute atomic E-state index is 0.251. The standard InChI is InChI=1S/C22H19ClF3N3O3/c1-3-28(4-2)15-8-5-13(6-9-15)11-16-19(30)27-21(32)29(20(16)31)18-12-14(22(24,25)26)7-10-17(18)23/h5-12H,3-4H2,1-2H3,(H,27,30,32)/b16-11+. The van der Waals surface area contributed by atoms with Crippen LogP contribution in [0, 0.1) is 0 Å². The predicted molar refractivity (Wildman–Crippen MR) is 115 cm³/mol. The van der Waals surface area contributed by atoms with Crippen molar-refractivity contribution in [2.24, 2.45) is 0 Å². The molecule has 4 amide bonds. The minimum Gasteiger partial charge on any atom is -0.372 e. The predicted octanol–water partition coefficient (Wildman–Crippen LogP) is 4.87. The lowest BCUT2D eigenvalue weighted by Gasteiger charge is -2.27. The Labute approximate surface area is 187 Å². The number of imide groups is 2. The second-order valence-corrected chi connectivity index (χ2v) is 7.29. The topological polar surface area (TPSA) is 69.7 Å². The van der Waals surface area contributed by atoms with Gasteiger partial charge in [0.15, 0.2) is 0 Å². The van der Waals surface area contributed by atoms with Crippen molar-refractivity contribution < 1.29 is 27.6 Å². The van der Waals surface area contributed by atoms with E-state index >= 15 is 0 Å². The number of anilines is 2. The lowest BCUT2D eigenvalue weighted by atomic mass is 10.1. The first-order chi connectivity index (χ1) is 15.1. The summed E-state index contributed by atoms with van der Waals surface area (Å²) in [5.74, 6) is -2.03. The van der Waals surface area contributed by atoms with Crippen LogP contribution >= 0.6 is 11.6 Å². The number of barbiturate groups is 1. The number of hydrogen-bond donors (Lipinski definition) is 1. The van der Waals surface area contributed by atoms with E-state index in [1.54, 1.807) is 12.1 Å². The highest BCUT2D eigenvalue weighted by atomic mass is 35.5. The second-order valence-electron chi connectivity index (χ2n) is 6.89. The van der Waals surface area contributed by atoms with Gasteiger partial charge in [-0.1, -0.05) is 23.7 Å². The Bertz CT molecular complexity index is 1090. The molecule has 1 aliphatic heterocycles. The van der Waals surface area contributed by atoms with E-state index in [0.717, 1.165) is 30.9 Å². The number of rotatable bonds is 5. The minimum atomic E-state index is -4.71. The smallest absolute Gasteiger partial charge is 0.372 e. The molecule has 6 nitrogen and oxygen atoms in total. The monoisotopic (exact) mass is 465 g/mol. The van der Waals surface area contributed by atoms with Gasteiger partial charge < -0.3 is 4.90 Å². The highest BCUT2D eigenvalue weighted by Crippen LogP contribution is 2.36. The molecule has 0 aliphatic carbocycles. The molecule has 0 bridgehead atoms. The van der Waals surface area contributed by atoms with E-state index in [2.05, 4.69) is 4.90 Å². The Kier molecular flexibility index (Phi) is 6.59. The van der Waals surface area contributed by atoms with E-state index in [-0.39, 0.29) is 5.02 Å². The highest BCUT2D eigenvalue weighted by Gasteiger charge is 2.39. The van der Waals surface area contributed by atoms with Crippen molar-refractivity contribution in [3.63, 3.8) is 0 Å². The maximum atomic E-state index is 13.1. The van der Waals surface area contributed by atoms with Crippen LogP contribution in [0.5, 0.6) is 0 Å². The zero-order chi connectivity index (χ0) is 23.6. The molecule has 2 aromatic carbocycles. The fourth-order valence-electron chi connectivity index (χ4n) is 3.27. The molecular weight excluding hydrogens is 447 g/mol. The Morgan fingerprint density at radius 2 is 1.66 bits per heavy atom. The van der Waals surface area contributed by atoms with Crippen LogP contribution in [0.15, 0.2) is 48.0 Å². The lowest BCUT2D eigenvalue weighted by Crippen LogP contribution is -2.54. The Morgan fingerprint density at radius 3 is 2.22 bits per heavy atom. The number of alkyl halides is 3. The number of amides is 4. The van der Waals surface area contributed by atoms with Crippen LogP contribution in [0.25, 0.3) is 6.08 Å². The Hall–Kier alpha value is -3.33. The molecule has 0 spiro atoms. The quantitative estimate of drug-likeness (QED) is 0.505. The molecule has 1 saturated heterocycles. The zero-order valence-electron chi connectivity index (χ0n) is 17.2. The maximum absolute atomic E-state index is 13.1. The van der Waals surface area contributed by atoms with Gasteiger partial charge in [0.2, 0.25) is 0 Å². The molecule has 1 fully saturated rings. The Morgan fingerprint density at radius 1 is 1.03 bits per heavy atom. The number of nitrogens with zero attached hydrogens (tertiary/aromatic N) is 2. The van der Waals surface area contributed by atoms with E-state index in [9.17, 15) is 27.6 Å². The number of nitrogens with one attached hydrogen (secondary N) is 1. The average molecular weight is 466 g/mol. The van der Waals surface area contributed by atoms with E-state index in [0.29, 0.717) is 16.5 Å². The summed E-state index contributed by atoms with van der Waals surface area (Å²) in [6.45, 7) is 5.61. The largest absolute Gasteiger partial charge is 0.416 e. The first-order valence-electron chi connectivity index (χ1n) is 9.70. The van der Waals surface area contributed by atoms with Crippen molar-refractivity contribution in [1.82, 2.24) is 5.32 Å². The van der Waals surface area contributed by atoms with E-state index in [4.69, 9.17) is 11.6 Å². The van der Waals surface area contributed by atoms with Crippen molar-refractivity contribution in [3.05, 3.63) is 64.2 Å². The summed E-state index contributed by atoms with van der Waals surface area (Å²) in [6, 6.07) is 8.10. The van der Waals surface area contributed by atoms with Crippen LogP contribution < -0.4 is 15.1 Å². The van der Waals surface area contributed by atoms with Crippen molar-refractivity contribution in [1.29, 1.82) is 0 Å². The van der Waals surface area contributed by atoms with Crippen LogP contribution in [-0.4, -0.2) is 30.9 Å². The molecule has 3 rings (SSSR count). The molecule has 1 aliphatic rings. The molecule has 2 aromatic rings. The molecule has 0 atom stereocenters. The summed E-state index contributed by atoms with van der Waals surface area (Å²) in [7, 11) is 0. The first-order valence-corrected chi connectivity index (χ1v) is 10.1. The van der Waals surface area contributed by atoms with Gasteiger partial charge in [-0.3, -0.25) is 14.9 Å². The molecule has 168 valence electrons. The van der Waals surface area contributed by atoms with Gasteiger partial charge in [-0.25, -0.2) is 9.69 Å². The highest BCUT2D eigenvalue weighted by molar-refractivity contribution is 6.42. The third-order valence-electron chi connectivity index (χ3n) is 4.95. The molecule has 0 radical (unpaired) electrons. The Balaban J connectivity index is 1.99. The molecule has 32 heavy (non-hydrogen) atoms. The number of carbonyl (C=O) groups excluding carboxylic acids is 3. The van der Waals surface area contributed by atoms with Gasteiger partial charge in [-0.2, -0.15) is 13.2 Å². The summed E-state index contributed by atoms with van der Waals surface area (Å²) in [4.78, 5) is 40.1. The molecule has 10 heteroatoms. The molecule has 1 heterocycles. The van der Waals surface area contributed by atoms with Gasteiger partial charge in [0.05, 0.1) is 16.3 Å². The van der Waals surface area contributed by atoms with Crippen LogP contribution in [0.3, 0.4) is 0 Å². The second kappa shape index (κ2) is 9.04. The number of benzene rings is 2. The van der Waals surface area contributed by atoms with Gasteiger partial charge >= 0.3 is 12.2 Å². The van der Waals surface area contributed by atoms with Crippen molar-refractivity contribution in [2.45, 2.75) is 20.0 Å². The number of halogens is 4. The fourth-order valence-corrected chi connectivity index (χ4v) is 3.48. The third-order valence-corrected chi connectivity index (χ3v) is 5.27. The molecule has 0 aromatic heterocycles. The molecule has 0 saturated carbocycles. The van der Waals surface area contributed by atoms with Crippen molar-refractivity contribution in [2.75, 3.05) is 22.9 Å². The average Bonchev–Trinajstić information content (AvgIpc) is 2.73. The van der Waals surface area contributed by atoms with Crippen LogP contribution in [-0.2, 0) is 15.8 Å². The van der Waals surface area contributed by atoms with E-state index in [1.165, 1.54) is 6.08 Å². The molecule has 0 unspecified atom stereocenters. The van der Waals surface area contributed by atoms with Crippen LogP contribution in [0.1, 0.15) is 25.0 Å². The van der Waals surface area contributed by atoms with Gasteiger partial charge in [0.25, 0.3) is 11.8 Å². The third kappa shape index (κ3) is 4.62. The van der Waals surface area contributed by atoms with Gasteiger partial charge in [0.1, 0.15) is 5.57 Å². The lowest BCUT2D eigenvalue weighted by molar-refractivity contribution is -0.137. The summed E-state index contributed by atoms with van der Waals surface area (Å²) >= 11 is 5.98. The molecule has 1 N–H and O–H groups in total. The number of carbonyl (C=O) groups is 3. The number of urea groups is 1.